The smallest absolute Gasteiger partial charge is 0.240 e. The van der Waals surface area contributed by atoms with Crippen LogP contribution >= 0.6 is 0 Å². The normalized spacial score (nSPS) is 41.5. The minimum Gasteiger partial charge on any atom is -0.373 e. The Morgan fingerprint density at radius 1 is 1.60 bits per heavy atom. The van der Waals surface area contributed by atoms with E-state index in [1.165, 1.54) is 0 Å². The zero-order chi connectivity index (χ0) is 11.1. The molecule has 86 valence electrons. The summed E-state index contributed by atoms with van der Waals surface area (Å²) in [4.78, 5) is 13.8. The monoisotopic (exact) mass is 212 g/mol. The molecule has 0 aromatic heterocycles. The lowest BCUT2D eigenvalue weighted by molar-refractivity contribution is -0.133. The predicted octanol–water partition coefficient (Wildman–Crippen LogP) is 0.722. The molecule has 2 heterocycles. The van der Waals surface area contributed by atoms with E-state index in [0.29, 0.717) is 6.54 Å². The summed E-state index contributed by atoms with van der Waals surface area (Å²) in [6, 6.07) is -0.0509. The van der Waals surface area contributed by atoms with Gasteiger partial charge < -0.3 is 9.64 Å². The van der Waals surface area contributed by atoms with Crippen LogP contribution in [-0.2, 0) is 9.53 Å². The summed E-state index contributed by atoms with van der Waals surface area (Å²) in [5.41, 5.74) is -0.129. The number of hydrogen-bond acceptors (Lipinski definition) is 3. The molecular weight excluding hydrogens is 192 g/mol. The van der Waals surface area contributed by atoms with E-state index in [9.17, 15) is 4.79 Å². The van der Waals surface area contributed by atoms with Crippen LogP contribution in [0.5, 0.6) is 0 Å². The zero-order valence-corrected chi connectivity index (χ0v) is 9.75. The number of carbonyl (C=O) groups excluding carboxylic acids is 1. The Bertz CT molecular complexity index is 261. The molecule has 15 heavy (non-hydrogen) atoms. The van der Waals surface area contributed by atoms with Gasteiger partial charge in [-0.2, -0.15) is 0 Å². The highest BCUT2D eigenvalue weighted by Gasteiger charge is 2.40. The highest BCUT2D eigenvalue weighted by Crippen LogP contribution is 2.27. The van der Waals surface area contributed by atoms with Gasteiger partial charge in [0, 0.05) is 6.61 Å². The van der Waals surface area contributed by atoms with Crippen molar-refractivity contribution in [3.8, 4) is 0 Å². The number of ether oxygens (including phenoxy) is 1. The summed E-state index contributed by atoms with van der Waals surface area (Å²) in [5, 5.41) is 3.23. The minimum atomic E-state index is -0.129. The fraction of sp³-hybridized carbons (Fsp3) is 0.909. The van der Waals surface area contributed by atoms with Crippen LogP contribution in [0.25, 0.3) is 0 Å². The maximum absolute atomic E-state index is 11.9. The molecule has 3 atom stereocenters. The van der Waals surface area contributed by atoms with E-state index in [0.717, 1.165) is 19.4 Å². The van der Waals surface area contributed by atoms with Crippen molar-refractivity contribution in [2.24, 2.45) is 0 Å². The van der Waals surface area contributed by atoms with Gasteiger partial charge >= 0.3 is 0 Å². The van der Waals surface area contributed by atoms with E-state index in [1.54, 1.807) is 0 Å². The Morgan fingerprint density at radius 2 is 2.33 bits per heavy atom. The summed E-state index contributed by atoms with van der Waals surface area (Å²) < 4.78 is 5.71. The molecule has 4 heteroatoms. The van der Waals surface area contributed by atoms with E-state index < -0.39 is 0 Å². The van der Waals surface area contributed by atoms with Crippen LogP contribution in [0.15, 0.2) is 0 Å². The van der Waals surface area contributed by atoms with Gasteiger partial charge in [0.05, 0.1) is 24.4 Å². The van der Waals surface area contributed by atoms with Crippen molar-refractivity contribution in [1.29, 1.82) is 0 Å². The second-order valence-corrected chi connectivity index (χ2v) is 4.93. The number of nitrogens with zero attached hydrogens (tertiary/aromatic N) is 1. The van der Waals surface area contributed by atoms with E-state index in [4.69, 9.17) is 4.74 Å². The lowest BCUT2D eigenvalue weighted by Crippen LogP contribution is -2.45. The van der Waals surface area contributed by atoms with Gasteiger partial charge in [0.25, 0.3) is 0 Å². The summed E-state index contributed by atoms with van der Waals surface area (Å²) in [5.74, 6) is 0.194. The van der Waals surface area contributed by atoms with E-state index >= 15 is 0 Å². The summed E-state index contributed by atoms with van der Waals surface area (Å²) in [6.45, 7) is 7.58. The number of amides is 1. The van der Waals surface area contributed by atoms with Crippen molar-refractivity contribution >= 4 is 5.91 Å². The Labute approximate surface area is 91.0 Å². The summed E-state index contributed by atoms with van der Waals surface area (Å²) in [6.07, 6.45) is 2.29. The molecule has 3 unspecified atom stereocenters. The third kappa shape index (κ3) is 2.01. The molecule has 1 amide bonds. The van der Waals surface area contributed by atoms with Gasteiger partial charge in [-0.05, 0) is 33.6 Å². The maximum Gasteiger partial charge on any atom is 0.240 e. The Kier molecular flexibility index (Phi) is 2.73. The molecule has 0 aromatic rings. The van der Waals surface area contributed by atoms with Crippen LogP contribution in [0.2, 0.25) is 0 Å². The lowest BCUT2D eigenvalue weighted by atomic mass is 10.0. The number of rotatable bonds is 2. The highest BCUT2D eigenvalue weighted by molar-refractivity contribution is 5.83. The predicted molar refractivity (Wildman–Crippen MR) is 57.4 cm³/mol. The van der Waals surface area contributed by atoms with Crippen molar-refractivity contribution in [2.45, 2.75) is 51.4 Å². The summed E-state index contributed by atoms with van der Waals surface area (Å²) in [7, 11) is 0. The molecule has 2 aliphatic rings. The molecule has 4 nitrogen and oxygen atoms in total. The molecular formula is C11H20N2O2. The van der Waals surface area contributed by atoms with Crippen molar-refractivity contribution in [3.63, 3.8) is 0 Å². The Balaban J connectivity index is 2.02. The van der Waals surface area contributed by atoms with Crippen molar-refractivity contribution in [1.82, 2.24) is 10.2 Å². The molecule has 2 saturated heterocycles. The first kappa shape index (κ1) is 10.9. The third-order valence-corrected chi connectivity index (χ3v) is 3.42. The van der Waals surface area contributed by atoms with Gasteiger partial charge in [-0.1, -0.05) is 0 Å². The van der Waals surface area contributed by atoms with Crippen LogP contribution in [0.1, 0.15) is 33.6 Å². The van der Waals surface area contributed by atoms with Gasteiger partial charge in [0.1, 0.15) is 0 Å². The molecule has 0 spiro atoms. The lowest BCUT2D eigenvalue weighted by Gasteiger charge is -2.31. The topological polar surface area (TPSA) is 41.6 Å². The van der Waals surface area contributed by atoms with Crippen LogP contribution in [-0.4, -0.2) is 41.8 Å². The first-order valence-corrected chi connectivity index (χ1v) is 5.72. The average Bonchev–Trinajstić information content (AvgIpc) is 2.68. The largest absolute Gasteiger partial charge is 0.373 e. The fourth-order valence-corrected chi connectivity index (χ4v) is 2.50. The van der Waals surface area contributed by atoms with E-state index in [2.05, 4.69) is 12.2 Å². The first-order chi connectivity index (χ1) is 7.02. The molecule has 0 aliphatic carbocycles. The summed E-state index contributed by atoms with van der Waals surface area (Å²) >= 11 is 0. The third-order valence-electron chi connectivity index (χ3n) is 3.42. The molecule has 2 fully saturated rings. The highest BCUT2D eigenvalue weighted by atomic mass is 16.5. The number of carbonyl (C=O) groups is 1. The van der Waals surface area contributed by atoms with Gasteiger partial charge in [-0.3, -0.25) is 10.1 Å². The minimum absolute atomic E-state index is 0.0509. The Morgan fingerprint density at radius 3 is 2.80 bits per heavy atom. The fourth-order valence-electron chi connectivity index (χ4n) is 2.50. The molecule has 0 bridgehead atoms. The second-order valence-electron chi connectivity index (χ2n) is 4.93. The van der Waals surface area contributed by atoms with E-state index in [1.807, 2.05) is 18.7 Å². The Hall–Kier alpha value is -0.610. The SMILES string of the molecule is CC1NC(C)N(CC2(C)CCCO2)C1=O. The molecule has 0 radical (unpaired) electrons. The molecule has 1 N–H and O–H groups in total. The van der Waals surface area contributed by atoms with Gasteiger partial charge in [-0.25, -0.2) is 0 Å². The average molecular weight is 212 g/mol. The van der Waals surface area contributed by atoms with Crippen molar-refractivity contribution < 1.29 is 9.53 Å². The van der Waals surface area contributed by atoms with Crippen LogP contribution < -0.4 is 5.32 Å². The van der Waals surface area contributed by atoms with Gasteiger partial charge in [-0.15, -0.1) is 0 Å². The number of hydrogen-bond donors (Lipinski definition) is 1. The molecule has 2 rings (SSSR count). The van der Waals surface area contributed by atoms with Crippen molar-refractivity contribution in [3.05, 3.63) is 0 Å². The van der Waals surface area contributed by atoms with Crippen molar-refractivity contribution in [2.75, 3.05) is 13.2 Å². The molecule has 0 aromatic carbocycles. The van der Waals surface area contributed by atoms with Crippen LogP contribution in [0, 0.1) is 0 Å². The quantitative estimate of drug-likeness (QED) is 0.733. The van der Waals surface area contributed by atoms with Gasteiger partial charge in [0.15, 0.2) is 0 Å². The van der Waals surface area contributed by atoms with Gasteiger partial charge in [0.2, 0.25) is 5.91 Å². The first-order valence-electron chi connectivity index (χ1n) is 5.72. The second kappa shape index (κ2) is 3.76. The zero-order valence-electron chi connectivity index (χ0n) is 9.75. The van der Waals surface area contributed by atoms with Crippen LogP contribution in [0.4, 0.5) is 0 Å². The number of nitrogens with one attached hydrogen (secondary N) is 1. The maximum atomic E-state index is 11.9. The van der Waals surface area contributed by atoms with Crippen LogP contribution in [0.3, 0.4) is 0 Å². The standard InChI is InChI=1S/C11H20N2O2/c1-8-10(14)13(9(2)12-8)7-11(3)5-4-6-15-11/h8-9,12H,4-7H2,1-3H3. The van der Waals surface area contributed by atoms with E-state index in [-0.39, 0.29) is 23.7 Å². The molecule has 2 aliphatic heterocycles. The molecule has 0 saturated carbocycles.